The van der Waals surface area contributed by atoms with Gasteiger partial charge in [-0.1, -0.05) is 30.4 Å². The molecular weight excluding hydrogens is 362 g/mol. The van der Waals surface area contributed by atoms with Crippen LogP contribution in [0.5, 0.6) is 0 Å². The molecule has 0 aromatic heterocycles. The normalized spacial score (nSPS) is 24.2. The van der Waals surface area contributed by atoms with Crippen LogP contribution in [0.25, 0.3) is 0 Å². The largest absolute Gasteiger partial charge is 0.469 e. The molecule has 7 heteroatoms. The highest BCUT2D eigenvalue weighted by atomic mass is 16.5. The number of amides is 1. The minimum Gasteiger partial charge on any atom is -0.469 e. The summed E-state index contributed by atoms with van der Waals surface area (Å²) < 4.78 is 9.86. The van der Waals surface area contributed by atoms with E-state index in [-0.39, 0.29) is 30.8 Å². The second kappa shape index (κ2) is 11.5. The summed E-state index contributed by atoms with van der Waals surface area (Å²) in [5, 5.41) is 23.1. The fourth-order valence-corrected chi connectivity index (χ4v) is 3.42. The van der Waals surface area contributed by atoms with E-state index in [1.54, 1.807) is 24.3 Å². The number of benzene rings is 1. The average Bonchev–Trinajstić information content (AvgIpc) is 2.96. The van der Waals surface area contributed by atoms with Crippen LogP contribution in [0, 0.1) is 11.8 Å². The molecule has 2 rings (SSSR count). The molecule has 7 nitrogen and oxygen atoms in total. The van der Waals surface area contributed by atoms with Gasteiger partial charge in [-0.15, -0.1) is 0 Å². The van der Waals surface area contributed by atoms with Crippen LogP contribution in [0.2, 0.25) is 0 Å². The number of aliphatic hydroxyl groups excluding tert-OH is 2. The van der Waals surface area contributed by atoms with Crippen molar-refractivity contribution < 1.29 is 29.3 Å². The summed E-state index contributed by atoms with van der Waals surface area (Å²) in [6.07, 6.45) is 4.63. The van der Waals surface area contributed by atoms with Crippen molar-refractivity contribution in [1.82, 2.24) is 0 Å². The first-order chi connectivity index (χ1) is 13.5. The Morgan fingerprint density at radius 1 is 1.14 bits per heavy atom. The molecule has 0 saturated heterocycles. The van der Waals surface area contributed by atoms with E-state index in [0.29, 0.717) is 24.9 Å². The van der Waals surface area contributed by atoms with E-state index in [2.05, 4.69) is 10.1 Å². The van der Waals surface area contributed by atoms with Gasteiger partial charge in [0.1, 0.15) is 0 Å². The van der Waals surface area contributed by atoms with Crippen LogP contribution in [0.3, 0.4) is 0 Å². The van der Waals surface area contributed by atoms with Crippen molar-refractivity contribution >= 4 is 17.7 Å². The minimum atomic E-state index is -0.711. The van der Waals surface area contributed by atoms with Crippen molar-refractivity contribution in [2.45, 2.75) is 44.3 Å². The molecule has 4 atom stereocenters. The first-order valence-corrected chi connectivity index (χ1v) is 9.58. The number of rotatable bonds is 9. The first-order valence-electron chi connectivity index (χ1n) is 9.58. The maximum Gasteiger partial charge on any atom is 0.411 e. The summed E-state index contributed by atoms with van der Waals surface area (Å²) in [5.41, 5.74) is 0.631. The summed E-state index contributed by atoms with van der Waals surface area (Å²) in [7, 11) is 1.37. The maximum absolute atomic E-state index is 11.9. The van der Waals surface area contributed by atoms with Gasteiger partial charge in [0.25, 0.3) is 0 Å². The molecule has 0 spiro atoms. The summed E-state index contributed by atoms with van der Waals surface area (Å²) in [6.45, 7) is 0.0394. The number of hydrogen-bond acceptors (Lipinski definition) is 6. The van der Waals surface area contributed by atoms with E-state index in [9.17, 15) is 19.8 Å². The van der Waals surface area contributed by atoms with E-state index < -0.39 is 18.3 Å². The topological polar surface area (TPSA) is 105 Å². The van der Waals surface area contributed by atoms with Gasteiger partial charge >= 0.3 is 12.1 Å². The number of carbonyl (C=O) groups excluding carboxylic acids is 2. The van der Waals surface area contributed by atoms with Crippen LogP contribution >= 0.6 is 0 Å². The van der Waals surface area contributed by atoms with E-state index in [0.717, 1.165) is 6.42 Å². The van der Waals surface area contributed by atoms with E-state index in [4.69, 9.17) is 4.74 Å². The standard InChI is InChI=1S/C21H29NO6/c1-27-20(25)12-8-3-2-7-11-16-17(19(24)13-18(16)23)14-28-21(26)22-15-9-5-4-6-10-15/h2,4-7,9-10,16-19,23-24H,3,8,11-14H2,1H3,(H,22,26). The predicted octanol–water partition coefficient (Wildman–Crippen LogP) is 2.88. The number of aliphatic hydroxyl groups is 2. The molecule has 3 N–H and O–H groups in total. The van der Waals surface area contributed by atoms with Crippen LogP contribution in [-0.4, -0.2) is 48.2 Å². The fraction of sp³-hybridized carbons (Fsp3) is 0.524. The summed E-state index contributed by atoms with van der Waals surface area (Å²) >= 11 is 0. The van der Waals surface area contributed by atoms with Crippen molar-refractivity contribution in [3.8, 4) is 0 Å². The maximum atomic E-state index is 11.9. The lowest BCUT2D eigenvalue weighted by atomic mass is 9.91. The zero-order valence-electron chi connectivity index (χ0n) is 16.1. The molecule has 1 saturated carbocycles. The van der Waals surface area contributed by atoms with Gasteiger partial charge in [0.05, 0.1) is 25.9 Å². The monoisotopic (exact) mass is 391 g/mol. The molecule has 154 valence electrons. The second-order valence-corrected chi connectivity index (χ2v) is 6.96. The Morgan fingerprint density at radius 2 is 1.86 bits per heavy atom. The average molecular weight is 391 g/mol. The number of anilines is 1. The van der Waals surface area contributed by atoms with Crippen molar-refractivity contribution in [1.29, 1.82) is 0 Å². The number of ether oxygens (including phenoxy) is 2. The number of methoxy groups -OCH3 is 1. The van der Waals surface area contributed by atoms with E-state index >= 15 is 0 Å². The highest BCUT2D eigenvalue weighted by Gasteiger charge is 2.41. The van der Waals surface area contributed by atoms with Gasteiger partial charge in [0.2, 0.25) is 0 Å². The van der Waals surface area contributed by atoms with Gasteiger partial charge in [-0.05, 0) is 43.7 Å². The molecule has 1 aliphatic carbocycles. The van der Waals surface area contributed by atoms with Gasteiger partial charge in [0, 0.05) is 18.0 Å². The van der Waals surface area contributed by atoms with Gasteiger partial charge in [-0.2, -0.15) is 0 Å². The Labute approximate surface area is 165 Å². The number of allylic oxidation sites excluding steroid dienone is 2. The van der Waals surface area contributed by atoms with Crippen LogP contribution in [-0.2, 0) is 14.3 Å². The molecule has 0 bridgehead atoms. The highest BCUT2D eigenvalue weighted by Crippen LogP contribution is 2.35. The van der Waals surface area contributed by atoms with Crippen LogP contribution in [0.1, 0.15) is 32.1 Å². The van der Waals surface area contributed by atoms with Crippen molar-refractivity contribution in [3.05, 3.63) is 42.5 Å². The van der Waals surface area contributed by atoms with Crippen molar-refractivity contribution in [2.24, 2.45) is 11.8 Å². The third kappa shape index (κ3) is 6.98. The number of hydrogen-bond donors (Lipinski definition) is 3. The third-order valence-electron chi connectivity index (χ3n) is 5.00. The van der Waals surface area contributed by atoms with Crippen LogP contribution < -0.4 is 5.32 Å². The quantitative estimate of drug-likeness (QED) is 0.340. The number of unbranched alkanes of at least 4 members (excludes halogenated alkanes) is 1. The van der Waals surface area contributed by atoms with Crippen LogP contribution in [0.4, 0.5) is 10.5 Å². The SMILES string of the molecule is COC(=O)CCCC=CCC1C(O)CC(O)C1COC(=O)Nc1ccccc1. The summed E-state index contributed by atoms with van der Waals surface area (Å²) in [6, 6.07) is 8.97. The zero-order chi connectivity index (χ0) is 20.4. The van der Waals surface area contributed by atoms with E-state index in [1.807, 2.05) is 18.2 Å². The Morgan fingerprint density at radius 3 is 2.57 bits per heavy atom. The summed E-state index contributed by atoms with van der Waals surface area (Å²) in [4.78, 5) is 23.0. The van der Waals surface area contributed by atoms with Gasteiger partial charge < -0.3 is 19.7 Å². The van der Waals surface area contributed by atoms with Crippen molar-refractivity contribution in [3.63, 3.8) is 0 Å². The fourth-order valence-electron chi connectivity index (χ4n) is 3.42. The predicted molar refractivity (Wildman–Crippen MR) is 105 cm³/mol. The van der Waals surface area contributed by atoms with Crippen LogP contribution in [0.15, 0.2) is 42.5 Å². The number of carbonyl (C=O) groups is 2. The minimum absolute atomic E-state index is 0.0394. The molecule has 0 radical (unpaired) electrons. The second-order valence-electron chi connectivity index (χ2n) is 6.96. The Balaban J connectivity index is 1.77. The van der Waals surface area contributed by atoms with Gasteiger partial charge in [0.15, 0.2) is 0 Å². The molecule has 4 unspecified atom stereocenters. The molecule has 1 aromatic rings. The van der Waals surface area contributed by atoms with Crippen molar-refractivity contribution in [2.75, 3.05) is 19.0 Å². The lowest BCUT2D eigenvalue weighted by molar-refractivity contribution is -0.140. The lowest BCUT2D eigenvalue weighted by Crippen LogP contribution is -2.28. The third-order valence-corrected chi connectivity index (χ3v) is 5.00. The molecule has 1 aliphatic rings. The molecular formula is C21H29NO6. The highest BCUT2D eigenvalue weighted by molar-refractivity contribution is 5.84. The molecule has 28 heavy (non-hydrogen) atoms. The molecule has 1 aromatic carbocycles. The lowest BCUT2D eigenvalue weighted by Gasteiger charge is -2.22. The first kappa shape index (κ1) is 21.9. The number of para-hydroxylation sites is 1. The Bertz CT molecular complexity index is 648. The number of nitrogens with one attached hydrogen (secondary N) is 1. The van der Waals surface area contributed by atoms with E-state index in [1.165, 1.54) is 7.11 Å². The molecule has 1 fully saturated rings. The zero-order valence-corrected chi connectivity index (χ0v) is 16.1. The molecule has 0 aliphatic heterocycles. The number of esters is 1. The molecule has 0 heterocycles. The smallest absolute Gasteiger partial charge is 0.411 e. The summed E-state index contributed by atoms with van der Waals surface area (Å²) in [5.74, 6) is -0.735. The Hall–Kier alpha value is -2.38. The van der Waals surface area contributed by atoms with Gasteiger partial charge in [-0.3, -0.25) is 10.1 Å². The van der Waals surface area contributed by atoms with Gasteiger partial charge in [-0.25, -0.2) is 4.79 Å². The molecule has 1 amide bonds. The Kier molecular flexibility index (Phi) is 8.97.